The molecule has 0 bridgehead atoms. The molecule has 0 fully saturated rings. The molecule has 0 saturated carbocycles. The molecule has 7 heteroatoms. The molecule has 1 atom stereocenters. The van der Waals surface area contributed by atoms with Crippen molar-refractivity contribution < 1.29 is 14.3 Å². The smallest absolute Gasteiger partial charge is 0.262 e. The fraction of sp³-hybridized carbons (Fsp3) is 0.100. The number of nitrogens with zero attached hydrogens (tertiary/aromatic N) is 1. The van der Waals surface area contributed by atoms with E-state index in [0.717, 1.165) is 17.0 Å². The average Bonchev–Trinajstić information content (AvgIpc) is 3.12. The first-order valence-corrected chi connectivity index (χ1v) is 8.70. The second kappa shape index (κ2) is 7.55. The Morgan fingerprint density at radius 1 is 1.15 bits per heavy atom. The molecule has 1 unspecified atom stereocenters. The highest BCUT2D eigenvalue weighted by atomic mass is 35.5. The van der Waals surface area contributed by atoms with E-state index in [4.69, 9.17) is 21.1 Å². The maximum Gasteiger partial charge on any atom is 0.262 e. The van der Waals surface area contributed by atoms with Gasteiger partial charge in [-0.25, -0.2) is 0 Å². The van der Waals surface area contributed by atoms with Crippen LogP contribution in [0.1, 0.15) is 11.8 Å². The van der Waals surface area contributed by atoms with Crippen LogP contribution in [0, 0.1) is 0 Å². The summed E-state index contributed by atoms with van der Waals surface area (Å²) in [4.78, 5) is 16.1. The molecule has 1 aromatic heterocycles. The Bertz CT molecular complexity index is 948. The van der Waals surface area contributed by atoms with E-state index in [1.54, 1.807) is 42.7 Å². The largest absolute Gasteiger partial charge is 0.484 e. The summed E-state index contributed by atoms with van der Waals surface area (Å²) in [5.41, 5.74) is 2.45. The predicted molar refractivity (Wildman–Crippen MR) is 103 cm³/mol. The van der Waals surface area contributed by atoms with Crippen LogP contribution in [0.2, 0.25) is 5.02 Å². The third-order valence-corrected chi connectivity index (χ3v) is 4.24. The molecular weight excluding hydrogens is 366 g/mol. The number of nitrogens with one attached hydrogen (secondary N) is 2. The fourth-order valence-electron chi connectivity index (χ4n) is 2.69. The van der Waals surface area contributed by atoms with Crippen LogP contribution in [0.15, 0.2) is 67.0 Å². The van der Waals surface area contributed by atoms with Crippen molar-refractivity contribution in [2.75, 3.05) is 17.2 Å². The van der Waals surface area contributed by atoms with Crippen LogP contribution in [0.4, 0.5) is 11.4 Å². The highest BCUT2D eigenvalue weighted by molar-refractivity contribution is 6.30. The molecule has 0 saturated heterocycles. The Kier molecular flexibility index (Phi) is 4.80. The molecule has 1 aliphatic heterocycles. The molecule has 136 valence electrons. The highest BCUT2D eigenvalue weighted by Crippen LogP contribution is 2.39. The van der Waals surface area contributed by atoms with Gasteiger partial charge in [-0.3, -0.25) is 9.78 Å². The quantitative estimate of drug-likeness (QED) is 0.691. The summed E-state index contributed by atoms with van der Waals surface area (Å²) in [6.07, 6.45) is 3.16. The number of amides is 1. The van der Waals surface area contributed by atoms with Crippen molar-refractivity contribution in [3.8, 4) is 11.5 Å². The van der Waals surface area contributed by atoms with Crippen molar-refractivity contribution in [3.63, 3.8) is 0 Å². The number of anilines is 2. The molecule has 0 spiro atoms. The van der Waals surface area contributed by atoms with Gasteiger partial charge in [0.1, 0.15) is 11.5 Å². The fourth-order valence-corrected chi connectivity index (χ4v) is 2.81. The average molecular weight is 382 g/mol. The monoisotopic (exact) mass is 381 g/mol. The van der Waals surface area contributed by atoms with Gasteiger partial charge in [0, 0.05) is 28.7 Å². The first-order valence-electron chi connectivity index (χ1n) is 8.33. The molecular formula is C20H16ClN3O3. The van der Waals surface area contributed by atoms with E-state index in [-0.39, 0.29) is 18.7 Å². The Balaban J connectivity index is 1.36. The van der Waals surface area contributed by atoms with Crippen molar-refractivity contribution >= 4 is 28.9 Å². The minimum atomic E-state index is -0.276. The van der Waals surface area contributed by atoms with Crippen LogP contribution < -0.4 is 20.1 Å². The Morgan fingerprint density at radius 3 is 2.70 bits per heavy atom. The van der Waals surface area contributed by atoms with Crippen LogP contribution in [0.3, 0.4) is 0 Å². The van der Waals surface area contributed by atoms with Crippen LogP contribution in [-0.2, 0) is 4.79 Å². The van der Waals surface area contributed by atoms with Gasteiger partial charge in [-0.05, 0) is 54.6 Å². The maximum atomic E-state index is 12.1. The number of halogens is 1. The van der Waals surface area contributed by atoms with Crippen LogP contribution in [-0.4, -0.2) is 17.5 Å². The first kappa shape index (κ1) is 17.2. The topological polar surface area (TPSA) is 72.5 Å². The third kappa shape index (κ3) is 4.12. The number of benzene rings is 2. The number of hydrogen-bond donors (Lipinski definition) is 2. The molecule has 2 N–H and O–H groups in total. The van der Waals surface area contributed by atoms with Gasteiger partial charge in [0.15, 0.2) is 12.8 Å². The molecule has 2 aromatic carbocycles. The second-order valence-corrected chi connectivity index (χ2v) is 6.36. The minimum Gasteiger partial charge on any atom is -0.484 e. The summed E-state index contributed by atoms with van der Waals surface area (Å²) in [5.74, 6) is 1.06. The van der Waals surface area contributed by atoms with Crippen LogP contribution in [0.25, 0.3) is 0 Å². The molecule has 3 aromatic rings. The van der Waals surface area contributed by atoms with Gasteiger partial charge in [0.2, 0.25) is 0 Å². The van der Waals surface area contributed by atoms with E-state index in [9.17, 15) is 4.79 Å². The minimum absolute atomic E-state index is 0.0950. The summed E-state index contributed by atoms with van der Waals surface area (Å²) in [5, 5.41) is 6.71. The third-order valence-electron chi connectivity index (χ3n) is 3.99. The SMILES string of the molecule is O=C(COc1ccc(Cl)cc1)Nc1ccc2c(c1)NC(c1ccncc1)O2. The van der Waals surface area contributed by atoms with Gasteiger partial charge in [0.25, 0.3) is 5.91 Å². The van der Waals surface area contributed by atoms with Crippen molar-refractivity contribution in [2.45, 2.75) is 6.23 Å². The number of rotatable bonds is 5. The zero-order chi connectivity index (χ0) is 18.6. The van der Waals surface area contributed by atoms with Crippen LogP contribution in [0.5, 0.6) is 11.5 Å². The molecule has 4 rings (SSSR count). The van der Waals surface area contributed by atoms with E-state index in [1.807, 2.05) is 24.3 Å². The predicted octanol–water partition coefficient (Wildman–Crippen LogP) is 4.26. The summed E-state index contributed by atoms with van der Waals surface area (Å²) < 4.78 is 11.3. The highest BCUT2D eigenvalue weighted by Gasteiger charge is 2.23. The first-order chi connectivity index (χ1) is 13.2. The number of fused-ring (bicyclic) bond motifs is 1. The Labute approximate surface area is 161 Å². The summed E-state index contributed by atoms with van der Waals surface area (Å²) in [6, 6.07) is 16.1. The van der Waals surface area contributed by atoms with Gasteiger partial charge < -0.3 is 20.1 Å². The lowest BCUT2D eigenvalue weighted by atomic mass is 10.2. The van der Waals surface area contributed by atoms with Crippen molar-refractivity contribution in [1.82, 2.24) is 4.98 Å². The van der Waals surface area contributed by atoms with E-state index in [0.29, 0.717) is 16.5 Å². The summed E-state index contributed by atoms with van der Waals surface area (Å²) in [6.45, 7) is -0.0950. The zero-order valence-corrected chi connectivity index (χ0v) is 14.9. The van der Waals surface area contributed by atoms with E-state index in [2.05, 4.69) is 15.6 Å². The number of carbonyl (C=O) groups excluding carboxylic acids is 1. The van der Waals surface area contributed by atoms with Gasteiger partial charge in [-0.1, -0.05) is 11.6 Å². The zero-order valence-electron chi connectivity index (χ0n) is 14.2. The maximum absolute atomic E-state index is 12.1. The van der Waals surface area contributed by atoms with Gasteiger partial charge in [0.05, 0.1) is 5.69 Å². The lowest BCUT2D eigenvalue weighted by molar-refractivity contribution is -0.118. The number of aromatic nitrogens is 1. The van der Waals surface area contributed by atoms with Crippen molar-refractivity contribution in [3.05, 3.63) is 77.6 Å². The lowest BCUT2D eigenvalue weighted by Crippen LogP contribution is -2.20. The Morgan fingerprint density at radius 2 is 1.93 bits per heavy atom. The van der Waals surface area contributed by atoms with Crippen molar-refractivity contribution in [1.29, 1.82) is 0 Å². The van der Waals surface area contributed by atoms with Gasteiger partial charge in [-0.2, -0.15) is 0 Å². The number of carbonyl (C=O) groups is 1. The van der Waals surface area contributed by atoms with E-state index >= 15 is 0 Å². The molecule has 1 aliphatic rings. The standard InChI is InChI=1S/C20H16ClN3O3/c21-14-1-4-16(5-2-14)26-12-19(25)23-15-3-6-18-17(11-15)24-20(27-18)13-7-9-22-10-8-13/h1-11,20,24H,12H2,(H,23,25). The van der Waals surface area contributed by atoms with E-state index in [1.165, 1.54) is 0 Å². The Hall–Kier alpha value is -3.25. The molecule has 2 heterocycles. The van der Waals surface area contributed by atoms with Gasteiger partial charge >= 0.3 is 0 Å². The summed E-state index contributed by atoms with van der Waals surface area (Å²) >= 11 is 5.82. The molecule has 27 heavy (non-hydrogen) atoms. The van der Waals surface area contributed by atoms with Crippen molar-refractivity contribution in [2.24, 2.45) is 0 Å². The molecule has 6 nitrogen and oxygen atoms in total. The normalized spacial score (nSPS) is 14.6. The summed E-state index contributed by atoms with van der Waals surface area (Å²) in [7, 11) is 0. The van der Waals surface area contributed by atoms with Gasteiger partial charge in [-0.15, -0.1) is 0 Å². The lowest BCUT2D eigenvalue weighted by Gasteiger charge is -2.10. The molecule has 0 radical (unpaired) electrons. The number of pyridine rings is 1. The van der Waals surface area contributed by atoms with E-state index < -0.39 is 0 Å². The van der Waals surface area contributed by atoms with Crippen LogP contribution >= 0.6 is 11.6 Å². The molecule has 0 aliphatic carbocycles. The molecule has 1 amide bonds. The second-order valence-electron chi connectivity index (χ2n) is 5.92. The number of hydrogen-bond acceptors (Lipinski definition) is 5. The number of ether oxygens (including phenoxy) is 2.